The number of aromatic nitrogens is 2. The van der Waals surface area contributed by atoms with Gasteiger partial charge in [-0.2, -0.15) is 13.2 Å². The van der Waals surface area contributed by atoms with E-state index in [1.54, 1.807) is 6.20 Å². The summed E-state index contributed by atoms with van der Waals surface area (Å²) >= 11 is 0. The molecule has 3 heterocycles. The fraction of sp³-hybridized carbons (Fsp3) is 0.450. The Kier molecular flexibility index (Phi) is 7.99. The van der Waals surface area contributed by atoms with E-state index in [0.29, 0.717) is 19.7 Å². The van der Waals surface area contributed by atoms with E-state index in [4.69, 9.17) is 14.6 Å². The third kappa shape index (κ3) is 6.87. The zero-order valence-electron chi connectivity index (χ0n) is 16.7. The van der Waals surface area contributed by atoms with Gasteiger partial charge in [0.15, 0.2) is 0 Å². The smallest absolute Gasteiger partial charge is 0.475 e. The molecule has 7 nitrogen and oxygen atoms in total. The minimum absolute atomic E-state index is 0.00418. The summed E-state index contributed by atoms with van der Waals surface area (Å²) in [5.41, 5.74) is 2.21. The molecule has 2 aromatic rings. The maximum Gasteiger partial charge on any atom is 0.490 e. The van der Waals surface area contributed by atoms with Gasteiger partial charge < -0.3 is 19.3 Å². The van der Waals surface area contributed by atoms with E-state index in [2.05, 4.69) is 21.8 Å². The molecule has 1 aliphatic heterocycles. The van der Waals surface area contributed by atoms with Gasteiger partial charge in [0.25, 0.3) is 0 Å². The number of amides is 1. The first-order valence-corrected chi connectivity index (χ1v) is 9.31. The molecule has 1 aliphatic rings. The molecule has 0 radical (unpaired) electrons. The van der Waals surface area contributed by atoms with E-state index in [1.807, 2.05) is 43.1 Å². The maximum atomic E-state index is 12.5. The molecule has 0 fully saturated rings. The van der Waals surface area contributed by atoms with Crippen LogP contribution >= 0.6 is 0 Å². The molecule has 2 aromatic heterocycles. The fourth-order valence-corrected chi connectivity index (χ4v) is 2.89. The summed E-state index contributed by atoms with van der Waals surface area (Å²) in [6.07, 6.45) is 0.518. The van der Waals surface area contributed by atoms with E-state index >= 15 is 0 Å². The van der Waals surface area contributed by atoms with Crippen molar-refractivity contribution in [2.45, 2.75) is 45.8 Å². The third-order valence-corrected chi connectivity index (χ3v) is 4.36. The summed E-state index contributed by atoms with van der Waals surface area (Å²) in [4.78, 5) is 27.4. The largest absolute Gasteiger partial charge is 0.490 e. The van der Waals surface area contributed by atoms with E-state index in [9.17, 15) is 18.0 Å². The zero-order chi connectivity index (χ0) is 22.3. The van der Waals surface area contributed by atoms with Crippen molar-refractivity contribution < 1.29 is 32.6 Å². The van der Waals surface area contributed by atoms with Crippen LogP contribution in [0.4, 0.5) is 13.2 Å². The number of halogens is 3. The van der Waals surface area contributed by atoms with Gasteiger partial charge in [-0.15, -0.1) is 0 Å². The number of carbonyl (C=O) groups is 2. The van der Waals surface area contributed by atoms with Crippen LogP contribution in [-0.4, -0.2) is 50.3 Å². The van der Waals surface area contributed by atoms with Crippen molar-refractivity contribution in [2.75, 3.05) is 6.54 Å². The van der Waals surface area contributed by atoms with Crippen molar-refractivity contribution in [2.24, 2.45) is 5.92 Å². The summed E-state index contributed by atoms with van der Waals surface area (Å²) in [6.45, 7) is 6.44. The Hall–Kier alpha value is -2.88. The number of aliphatic carboxylic acids is 1. The standard InChI is InChI=1S/C18H23N3O2.C2HF3O2/c1-14(2)18(22)21-10-16-6-4-8-20(16)11-17(12-21)23-13-15-5-3-7-19-9-15;3-2(4,5)1(6)7/h3-9,14,17H,10-13H2,1-2H3;(H,6,7). The Morgan fingerprint density at radius 1 is 1.27 bits per heavy atom. The lowest BCUT2D eigenvalue weighted by atomic mass is 10.1. The molecule has 0 aliphatic carbocycles. The van der Waals surface area contributed by atoms with Crippen LogP contribution in [0, 0.1) is 5.92 Å². The van der Waals surface area contributed by atoms with Gasteiger partial charge in [0, 0.05) is 36.7 Å². The Labute approximate surface area is 172 Å². The molecular weight excluding hydrogens is 403 g/mol. The quantitative estimate of drug-likeness (QED) is 0.811. The summed E-state index contributed by atoms with van der Waals surface area (Å²) < 4.78 is 40.0. The molecule has 0 aromatic carbocycles. The second kappa shape index (κ2) is 10.2. The van der Waals surface area contributed by atoms with Gasteiger partial charge in [0.05, 0.1) is 25.8 Å². The Bertz CT molecular complexity index is 837. The molecule has 1 atom stereocenters. The minimum Gasteiger partial charge on any atom is -0.475 e. The number of carboxylic acid groups (broad SMARTS) is 1. The summed E-state index contributed by atoms with van der Waals surface area (Å²) in [5, 5.41) is 7.12. The number of hydrogen-bond acceptors (Lipinski definition) is 4. The van der Waals surface area contributed by atoms with E-state index in [0.717, 1.165) is 17.8 Å². The Morgan fingerprint density at radius 3 is 2.53 bits per heavy atom. The number of carboxylic acids is 1. The highest BCUT2D eigenvalue weighted by Gasteiger charge is 2.38. The van der Waals surface area contributed by atoms with E-state index in [1.165, 1.54) is 0 Å². The molecule has 0 spiro atoms. The fourth-order valence-electron chi connectivity index (χ4n) is 2.89. The number of pyridine rings is 1. The topological polar surface area (TPSA) is 84.7 Å². The van der Waals surface area contributed by atoms with Gasteiger partial charge in [-0.05, 0) is 23.8 Å². The highest BCUT2D eigenvalue weighted by molar-refractivity contribution is 5.78. The first kappa shape index (κ1) is 23.4. The first-order valence-electron chi connectivity index (χ1n) is 9.31. The molecule has 10 heteroatoms. The monoisotopic (exact) mass is 427 g/mol. The van der Waals surface area contributed by atoms with Crippen LogP contribution in [0.2, 0.25) is 0 Å². The van der Waals surface area contributed by atoms with Crippen LogP contribution in [0.1, 0.15) is 25.1 Å². The molecule has 3 rings (SSSR count). The predicted octanol–water partition coefficient (Wildman–Crippen LogP) is 3.10. The molecule has 1 amide bonds. The normalized spacial score (nSPS) is 16.3. The van der Waals surface area contributed by atoms with Crippen LogP contribution in [0.15, 0.2) is 42.9 Å². The van der Waals surface area contributed by atoms with Gasteiger partial charge in [-0.25, -0.2) is 4.79 Å². The summed E-state index contributed by atoms with van der Waals surface area (Å²) in [7, 11) is 0. The molecule has 30 heavy (non-hydrogen) atoms. The zero-order valence-corrected chi connectivity index (χ0v) is 16.7. The SMILES string of the molecule is CC(C)C(=O)N1Cc2cccn2CC(OCc2cccnc2)C1.O=C(O)C(F)(F)F. The number of fused-ring (bicyclic) bond motifs is 1. The van der Waals surface area contributed by atoms with Crippen molar-refractivity contribution in [3.05, 3.63) is 54.1 Å². The molecule has 0 bridgehead atoms. The second-order valence-corrected chi connectivity index (χ2v) is 7.12. The molecule has 164 valence electrons. The van der Waals surface area contributed by atoms with E-state index in [-0.39, 0.29) is 17.9 Å². The molecule has 1 N–H and O–H groups in total. The van der Waals surface area contributed by atoms with Crippen molar-refractivity contribution >= 4 is 11.9 Å². The average Bonchev–Trinajstić information content (AvgIpc) is 3.04. The predicted molar refractivity (Wildman–Crippen MR) is 101 cm³/mol. The lowest BCUT2D eigenvalue weighted by molar-refractivity contribution is -0.192. The van der Waals surface area contributed by atoms with Crippen LogP contribution in [-0.2, 0) is 34.0 Å². The van der Waals surface area contributed by atoms with Gasteiger partial charge in [-0.3, -0.25) is 9.78 Å². The van der Waals surface area contributed by atoms with Gasteiger partial charge in [-0.1, -0.05) is 19.9 Å². The average molecular weight is 427 g/mol. The van der Waals surface area contributed by atoms with Crippen LogP contribution in [0.25, 0.3) is 0 Å². The number of ether oxygens (including phenoxy) is 1. The van der Waals surface area contributed by atoms with Crippen molar-refractivity contribution in [1.29, 1.82) is 0 Å². The number of rotatable bonds is 4. The van der Waals surface area contributed by atoms with Crippen LogP contribution in [0.3, 0.4) is 0 Å². The summed E-state index contributed by atoms with van der Waals surface area (Å²) in [5.74, 6) is -2.59. The molecular formula is C20H24F3N3O4. The second-order valence-electron chi connectivity index (χ2n) is 7.12. The highest BCUT2D eigenvalue weighted by Crippen LogP contribution is 2.18. The number of hydrogen-bond donors (Lipinski definition) is 1. The van der Waals surface area contributed by atoms with Gasteiger partial charge >= 0.3 is 12.1 Å². The van der Waals surface area contributed by atoms with Crippen molar-refractivity contribution in [3.63, 3.8) is 0 Å². The van der Waals surface area contributed by atoms with Gasteiger partial charge in [0.2, 0.25) is 5.91 Å². The number of alkyl halides is 3. The summed E-state index contributed by atoms with van der Waals surface area (Å²) in [6, 6.07) is 8.01. The number of carbonyl (C=O) groups excluding carboxylic acids is 1. The molecule has 1 unspecified atom stereocenters. The lowest BCUT2D eigenvalue weighted by Gasteiger charge is -2.26. The van der Waals surface area contributed by atoms with Crippen molar-refractivity contribution in [1.82, 2.24) is 14.5 Å². The lowest BCUT2D eigenvalue weighted by Crippen LogP contribution is -2.39. The Morgan fingerprint density at radius 2 is 1.97 bits per heavy atom. The molecule has 0 saturated heterocycles. The van der Waals surface area contributed by atoms with Crippen LogP contribution in [0.5, 0.6) is 0 Å². The molecule has 0 saturated carbocycles. The number of nitrogens with zero attached hydrogens (tertiary/aromatic N) is 3. The van der Waals surface area contributed by atoms with E-state index < -0.39 is 12.1 Å². The maximum absolute atomic E-state index is 12.5. The minimum atomic E-state index is -5.08. The highest BCUT2D eigenvalue weighted by atomic mass is 19.4. The first-order chi connectivity index (χ1) is 14.1. The van der Waals surface area contributed by atoms with Crippen LogP contribution < -0.4 is 0 Å². The third-order valence-electron chi connectivity index (χ3n) is 4.36. The van der Waals surface area contributed by atoms with Gasteiger partial charge in [0.1, 0.15) is 0 Å². The van der Waals surface area contributed by atoms with Crippen molar-refractivity contribution in [3.8, 4) is 0 Å². The Balaban J connectivity index is 0.000000396.